The van der Waals surface area contributed by atoms with Crippen molar-refractivity contribution in [2.75, 3.05) is 33.2 Å². The molecule has 4 aliphatic carbocycles. The van der Waals surface area contributed by atoms with Crippen LogP contribution in [0.15, 0.2) is 0 Å². The van der Waals surface area contributed by atoms with E-state index in [1.807, 2.05) is 0 Å². The molecular weight excluding hydrogens is 500 g/mol. The lowest BCUT2D eigenvalue weighted by Gasteiger charge is -2.62. The number of carbonyl (C=O) groups excluding carboxylic acids is 2. The minimum absolute atomic E-state index is 0.0466. The van der Waals surface area contributed by atoms with E-state index in [9.17, 15) is 9.59 Å². The van der Waals surface area contributed by atoms with Gasteiger partial charge in [-0.3, -0.25) is 14.5 Å². The molecule has 0 aromatic carbocycles. The summed E-state index contributed by atoms with van der Waals surface area (Å²) in [6.07, 6.45) is 16.3. The number of hydrogen-bond acceptors (Lipinski definition) is 5. The highest BCUT2D eigenvalue weighted by atomic mass is 16.5. The van der Waals surface area contributed by atoms with Crippen molar-refractivity contribution in [2.45, 2.75) is 135 Å². The van der Waals surface area contributed by atoms with E-state index in [1.165, 1.54) is 90.1 Å². The van der Waals surface area contributed by atoms with Crippen LogP contribution in [0.25, 0.3) is 0 Å². The van der Waals surface area contributed by atoms with Gasteiger partial charge in [0, 0.05) is 31.7 Å². The van der Waals surface area contributed by atoms with Gasteiger partial charge in [-0.15, -0.1) is 0 Å². The second kappa shape index (κ2) is 10.8. The molecule has 6 rings (SSSR count). The van der Waals surface area contributed by atoms with Crippen LogP contribution in [0.4, 0.5) is 0 Å². The Balaban J connectivity index is 1.29. The fourth-order valence-corrected chi connectivity index (χ4v) is 11.7. The average molecular weight is 558 g/mol. The van der Waals surface area contributed by atoms with E-state index in [1.54, 1.807) is 13.8 Å². The lowest BCUT2D eigenvalue weighted by molar-refractivity contribution is -0.940. The number of piperidine rings is 2. The van der Waals surface area contributed by atoms with Crippen LogP contribution in [0.1, 0.15) is 111 Å². The Morgan fingerprint density at radius 3 is 2.15 bits per heavy atom. The van der Waals surface area contributed by atoms with Gasteiger partial charge in [0.05, 0.1) is 20.1 Å². The summed E-state index contributed by atoms with van der Waals surface area (Å²) >= 11 is 0. The third-order valence-electron chi connectivity index (χ3n) is 13.7. The number of nitrogens with zero attached hydrogens (tertiary/aromatic N) is 2. The molecule has 0 spiro atoms. The molecule has 0 unspecified atom stereocenters. The number of fused-ring (bicyclic) bond motifs is 5. The van der Waals surface area contributed by atoms with Crippen LogP contribution in [-0.2, 0) is 19.1 Å². The van der Waals surface area contributed by atoms with Gasteiger partial charge in [-0.1, -0.05) is 20.3 Å². The van der Waals surface area contributed by atoms with Crippen molar-refractivity contribution in [1.29, 1.82) is 0 Å². The molecule has 0 aromatic rings. The Labute approximate surface area is 243 Å². The normalized spacial score (nSPS) is 46.9. The molecule has 0 bridgehead atoms. The number of rotatable bonds is 4. The predicted molar refractivity (Wildman–Crippen MR) is 156 cm³/mol. The van der Waals surface area contributed by atoms with Crippen molar-refractivity contribution in [3.05, 3.63) is 0 Å². The number of likely N-dealkylation sites (N-methyl/N-ethyl adjacent to an activating group) is 1. The molecule has 6 heteroatoms. The van der Waals surface area contributed by atoms with Gasteiger partial charge in [0.25, 0.3) is 0 Å². The Morgan fingerprint density at radius 1 is 0.800 bits per heavy atom. The quantitative estimate of drug-likeness (QED) is 0.315. The van der Waals surface area contributed by atoms with Gasteiger partial charge in [0.2, 0.25) is 0 Å². The number of hydrogen-bond donors (Lipinski definition) is 0. The van der Waals surface area contributed by atoms with Crippen LogP contribution < -0.4 is 0 Å². The lowest BCUT2D eigenvalue weighted by atomic mass is 9.44. The second-order valence-electron chi connectivity index (χ2n) is 15.8. The summed E-state index contributed by atoms with van der Waals surface area (Å²) in [5.41, 5.74) is 0.377. The maximum Gasteiger partial charge on any atom is 0.303 e. The third kappa shape index (κ3) is 4.85. The number of likely N-dealkylation sites (tertiary alicyclic amines) is 2. The van der Waals surface area contributed by atoms with E-state index in [0.717, 1.165) is 29.9 Å². The molecule has 0 radical (unpaired) electrons. The van der Waals surface area contributed by atoms with Gasteiger partial charge in [0.15, 0.2) is 6.10 Å². The van der Waals surface area contributed by atoms with Crippen molar-refractivity contribution >= 4 is 11.9 Å². The average Bonchev–Trinajstić information content (AvgIpc) is 3.21. The Bertz CT molecular complexity index is 958. The molecule has 4 saturated carbocycles. The largest absolute Gasteiger partial charge is 0.461 e. The molecule has 0 amide bonds. The SMILES string of the molecule is CC(=O)O[C@@H]1C[C@H]2CC[C@@H]3[C@H](CC[C@@]4(C)[C@H]3C[C@H]([N+]3(C)CCCCC3)[C@@H]4OC(C)=O)[C@@]2(C)C[C@@H]1N1CCCCC1. The molecule has 6 aliphatic rings. The van der Waals surface area contributed by atoms with Gasteiger partial charge in [-0.2, -0.15) is 0 Å². The minimum atomic E-state index is -0.111. The highest BCUT2D eigenvalue weighted by Gasteiger charge is 2.67. The van der Waals surface area contributed by atoms with Crippen LogP contribution in [0.2, 0.25) is 0 Å². The number of esters is 2. The monoisotopic (exact) mass is 557 g/mol. The van der Waals surface area contributed by atoms with E-state index in [4.69, 9.17) is 9.47 Å². The van der Waals surface area contributed by atoms with E-state index in [2.05, 4.69) is 25.8 Å². The summed E-state index contributed by atoms with van der Waals surface area (Å²) in [4.78, 5) is 27.4. The van der Waals surface area contributed by atoms with Crippen LogP contribution in [0, 0.1) is 34.5 Å². The summed E-state index contributed by atoms with van der Waals surface area (Å²) in [6.45, 7) is 13.1. The second-order valence-corrected chi connectivity index (χ2v) is 15.8. The van der Waals surface area contributed by atoms with Crippen LogP contribution in [0.3, 0.4) is 0 Å². The Morgan fingerprint density at radius 2 is 1.48 bits per heavy atom. The fourth-order valence-electron chi connectivity index (χ4n) is 11.7. The van der Waals surface area contributed by atoms with Gasteiger partial charge in [-0.25, -0.2) is 0 Å². The summed E-state index contributed by atoms with van der Waals surface area (Å²) in [5.74, 6) is 2.50. The van der Waals surface area contributed by atoms with E-state index >= 15 is 0 Å². The zero-order chi connectivity index (χ0) is 28.3. The smallest absolute Gasteiger partial charge is 0.303 e. The maximum absolute atomic E-state index is 12.5. The zero-order valence-corrected chi connectivity index (χ0v) is 26.2. The van der Waals surface area contributed by atoms with Crippen LogP contribution in [-0.4, -0.2) is 78.8 Å². The predicted octanol–water partition coefficient (Wildman–Crippen LogP) is 5.97. The number of carbonyl (C=O) groups is 2. The van der Waals surface area contributed by atoms with Gasteiger partial charge >= 0.3 is 11.9 Å². The van der Waals surface area contributed by atoms with Crippen molar-refractivity contribution in [1.82, 2.24) is 4.90 Å². The first-order chi connectivity index (χ1) is 19.0. The molecule has 2 saturated heterocycles. The molecule has 2 aliphatic heterocycles. The minimum Gasteiger partial charge on any atom is -0.461 e. The first-order valence-electron chi connectivity index (χ1n) is 17.0. The molecule has 6 fully saturated rings. The van der Waals surface area contributed by atoms with E-state index in [-0.39, 0.29) is 29.6 Å². The zero-order valence-electron chi connectivity index (χ0n) is 26.2. The van der Waals surface area contributed by atoms with Crippen molar-refractivity contribution in [3.8, 4) is 0 Å². The topological polar surface area (TPSA) is 55.8 Å². The van der Waals surface area contributed by atoms with Gasteiger partial charge < -0.3 is 14.0 Å². The lowest BCUT2D eigenvalue weighted by Crippen LogP contribution is -2.61. The maximum atomic E-state index is 12.5. The molecule has 0 N–H and O–H groups in total. The van der Waals surface area contributed by atoms with E-state index < -0.39 is 0 Å². The Hall–Kier alpha value is -1.14. The summed E-state index contributed by atoms with van der Waals surface area (Å²) in [6, 6.07) is 0.796. The standard InChI is InChI=1S/C34H57N2O4/c1-23(37)39-31-20-25-12-13-26-27(34(25,4)22-29(31)35-16-8-6-9-17-35)14-15-33(3)28(26)21-30(32(33)40-24(2)38)36(5)18-10-7-11-19-36/h25-32H,6-22H2,1-5H3/q+1/t25-,26-,27+,28+,29+,30+,31-,32+,33+,34+/m1/s1. The molecule has 6 nitrogen and oxygen atoms in total. The first kappa shape index (κ1) is 29.0. The molecule has 0 aromatic heterocycles. The molecular formula is C34H57N2O4+. The summed E-state index contributed by atoms with van der Waals surface area (Å²) < 4.78 is 13.5. The Kier molecular flexibility index (Phi) is 7.85. The van der Waals surface area contributed by atoms with E-state index in [0.29, 0.717) is 35.3 Å². The number of ether oxygens (including phenoxy) is 2. The highest BCUT2D eigenvalue weighted by molar-refractivity contribution is 5.66. The number of quaternary nitrogens is 1. The molecule has 10 atom stereocenters. The van der Waals surface area contributed by atoms with Gasteiger partial charge in [-0.05, 0) is 113 Å². The molecule has 226 valence electrons. The fraction of sp³-hybridized carbons (Fsp3) is 0.941. The summed E-state index contributed by atoms with van der Waals surface area (Å²) in [5, 5.41) is 0. The van der Waals surface area contributed by atoms with Crippen LogP contribution in [0.5, 0.6) is 0 Å². The summed E-state index contributed by atoms with van der Waals surface area (Å²) in [7, 11) is 2.47. The van der Waals surface area contributed by atoms with Crippen molar-refractivity contribution < 1.29 is 23.5 Å². The molecule has 40 heavy (non-hydrogen) atoms. The van der Waals surface area contributed by atoms with Crippen LogP contribution >= 0.6 is 0 Å². The first-order valence-corrected chi connectivity index (χ1v) is 17.0. The van der Waals surface area contributed by atoms with Gasteiger partial charge in [0.1, 0.15) is 12.1 Å². The third-order valence-corrected chi connectivity index (χ3v) is 13.7. The van der Waals surface area contributed by atoms with Crippen molar-refractivity contribution in [2.24, 2.45) is 34.5 Å². The molecule has 2 heterocycles. The highest BCUT2D eigenvalue weighted by Crippen LogP contribution is 2.67. The van der Waals surface area contributed by atoms with Crippen molar-refractivity contribution in [3.63, 3.8) is 0 Å².